The van der Waals surface area contributed by atoms with E-state index in [9.17, 15) is 9.59 Å². The summed E-state index contributed by atoms with van der Waals surface area (Å²) < 4.78 is 5.38. The Kier molecular flexibility index (Phi) is 4.09. The maximum absolute atomic E-state index is 12.7. The molecule has 1 saturated heterocycles. The van der Waals surface area contributed by atoms with Gasteiger partial charge in [-0.25, -0.2) is 0 Å². The predicted octanol–water partition coefficient (Wildman–Crippen LogP) is 5.72. The summed E-state index contributed by atoms with van der Waals surface area (Å²) in [6.07, 6.45) is 11.0. The predicted molar refractivity (Wildman–Crippen MR) is 113 cm³/mol. The molecule has 3 saturated carbocycles. The topological polar surface area (TPSA) is 43.4 Å². The summed E-state index contributed by atoms with van der Waals surface area (Å²) in [4.78, 5) is 24.5. The van der Waals surface area contributed by atoms with Crippen LogP contribution in [0.25, 0.3) is 0 Å². The molecule has 0 aromatic carbocycles. The molecule has 0 amide bonds. The van der Waals surface area contributed by atoms with E-state index in [1.165, 1.54) is 25.7 Å². The second-order valence-corrected chi connectivity index (χ2v) is 12.2. The van der Waals surface area contributed by atoms with Crippen LogP contribution in [0.2, 0.25) is 0 Å². The smallest absolute Gasteiger partial charge is 0.306 e. The molecule has 4 aliphatic carbocycles. The number of allylic oxidation sites excluding steroid dienone is 2. The van der Waals surface area contributed by atoms with E-state index >= 15 is 0 Å². The molecule has 3 nitrogen and oxygen atoms in total. The highest BCUT2D eigenvalue weighted by molar-refractivity contribution is 5.85. The number of hydrogen-bond acceptors (Lipinski definition) is 3. The van der Waals surface area contributed by atoms with Crippen LogP contribution in [0.5, 0.6) is 0 Å². The lowest BCUT2D eigenvalue weighted by Crippen LogP contribution is -2.57. The molecule has 1 aliphatic heterocycles. The van der Waals surface area contributed by atoms with Crippen molar-refractivity contribution in [2.24, 2.45) is 45.3 Å². The van der Waals surface area contributed by atoms with Gasteiger partial charge in [0.25, 0.3) is 0 Å². The third-order valence-corrected chi connectivity index (χ3v) is 11.1. The number of rotatable bonds is 1. The Morgan fingerprint density at radius 3 is 2.45 bits per heavy atom. The van der Waals surface area contributed by atoms with Crippen molar-refractivity contribution >= 4 is 11.8 Å². The lowest BCUT2D eigenvalue weighted by Gasteiger charge is -2.63. The maximum atomic E-state index is 12.7. The van der Waals surface area contributed by atoms with Gasteiger partial charge in [0, 0.05) is 17.8 Å². The monoisotopic (exact) mass is 398 g/mol. The zero-order valence-corrected chi connectivity index (χ0v) is 19.0. The van der Waals surface area contributed by atoms with Crippen molar-refractivity contribution in [1.29, 1.82) is 0 Å². The first-order valence-corrected chi connectivity index (χ1v) is 11.9. The standard InChI is InChI=1S/C26H38O3/c1-23(2)20-7-6-19-18(24(20,3)11-10-21(23)27)9-13-25(4)17(8-12-26(19,25)5)16-14-22(28)29-15-16/h6,16-18,20H,7-15H2,1-5H3/t16?,17-,18-,20-,24+,25-,26+/m0/s1. The Hall–Kier alpha value is -1.12. The van der Waals surface area contributed by atoms with E-state index in [1.54, 1.807) is 5.57 Å². The highest BCUT2D eigenvalue weighted by Gasteiger charge is 2.65. The molecule has 0 aromatic heterocycles. The molecular weight excluding hydrogens is 360 g/mol. The molecule has 3 heteroatoms. The summed E-state index contributed by atoms with van der Waals surface area (Å²) in [5.41, 5.74) is 2.25. The van der Waals surface area contributed by atoms with Crippen molar-refractivity contribution in [1.82, 2.24) is 0 Å². The third-order valence-electron chi connectivity index (χ3n) is 11.1. The number of Topliss-reactive ketones (excluding diaryl/α,β-unsaturated/α-hetero) is 1. The molecule has 5 rings (SSSR count). The highest BCUT2D eigenvalue weighted by atomic mass is 16.5. The van der Waals surface area contributed by atoms with E-state index < -0.39 is 0 Å². The minimum Gasteiger partial charge on any atom is -0.465 e. The number of carbonyl (C=O) groups is 2. The summed E-state index contributed by atoms with van der Waals surface area (Å²) in [5.74, 6) is 2.56. The summed E-state index contributed by atoms with van der Waals surface area (Å²) in [6.45, 7) is 12.6. The molecular formula is C26H38O3. The van der Waals surface area contributed by atoms with Crippen molar-refractivity contribution in [2.45, 2.75) is 86.0 Å². The molecule has 0 aromatic rings. The quantitative estimate of drug-likeness (QED) is 0.419. The Bertz CT molecular complexity index is 794. The number of cyclic esters (lactones) is 1. The molecule has 7 atom stereocenters. The van der Waals surface area contributed by atoms with Crippen molar-refractivity contribution in [3.05, 3.63) is 11.6 Å². The molecule has 1 unspecified atom stereocenters. The van der Waals surface area contributed by atoms with E-state index in [-0.39, 0.29) is 27.6 Å². The van der Waals surface area contributed by atoms with Gasteiger partial charge in [-0.05, 0) is 72.5 Å². The molecule has 5 aliphatic rings. The Balaban J connectivity index is 1.52. The molecule has 160 valence electrons. The fourth-order valence-corrected chi connectivity index (χ4v) is 9.10. The van der Waals surface area contributed by atoms with Crippen molar-refractivity contribution in [3.8, 4) is 0 Å². The van der Waals surface area contributed by atoms with Crippen LogP contribution in [0.3, 0.4) is 0 Å². The van der Waals surface area contributed by atoms with Crippen LogP contribution >= 0.6 is 0 Å². The molecule has 0 bridgehead atoms. The van der Waals surface area contributed by atoms with Gasteiger partial charge in [0.2, 0.25) is 0 Å². The average Bonchev–Trinajstić information content (AvgIpc) is 3.19. The van der Waals surface area contributed by atoms with Crippen molar-refractivity contribution in [2.75, 3.05) is 6.61 Å². The van der Waals surface area contributed by atoms with E-state index in [4.69, 9.17) is 4.74 Å². The van der Waals surface area contributed by atoms with Gasteiger partial charge in [0.1, 0.15) is 5.78 Å². The van der Waals surface area contributed by atoms with E-state index in [0.717, 1.165) is 19.3 Å². The molecule has 0 radical (unpaired) electrons. The molecule has 29 heavy (non-hydrogen) atoms. The van der Waals surface area contributed by atoms with Crippen LogP contribution < -0.4 is 0 Å². The van der Waals surface area contributed by atoms with Crippen LogP contribution in [-0.2, 0) is 14.3 Å². The van der Waals surface area contributed by atoms with Gasteiger partial charge in [-0.15, -0.1) is 0 Å². The second kappa shape index (κ2) is 5.98. The van der Waals surface area contributed by atoms with Crippen LogP contribution in [-0.4, -0.2) is 18.4 Å². The van der Waals surface area contributed by atoms with Crippen LogP contribution in [0, 0.1) is 45.3 Å². The number of fused-ring (bicyclic) bond motifs is 5. The molecule has 0 N–H and O–H groups in total. The van der Waals surface area contributed by atoms with Crippen molar-refractivity contribution < 1.29 is 14.3 Å². The lowest BCUT2D eigenvalue weighted by molar-refractivity contribution is -0.146. The summed E-state index contributed by atoms with van der Waals surface area (Å²) in [7, 11) is 0. The van der Waals surface area contributed by atoms with Gasteiger partial charge in [-0.1, -0.05) is 46.3 Å². The Labute approximate surface area is 176 Å². The van der Waals surface area contributed by atoms with Gasteiger partial charge < -0.3 is 4.74 Å². The third kappa shape index (κ3) is 2.36. The first-order chi connectivity index (χ1) is 13.5. The van der Waals surface area contributed by atoms with E-state index in [0.29, 0.717) is 42.5 Å². The second-order valence-electron chi connectivity index (χ2n) is 12.2. The number of ether oxygens (including phenoxy) is 1. The zero-order chi connectivity index (χ0) is 20.8. The SMILES string of the molecule is CC1(C)C(=O)CC[C@]2(C)[C@H]3CC[C@@]4(C)[C@H](C5COC(=O)C5)CC[C@]4(C)C3=CC[C@@H]12. The number of hydrogen-bond donors (Lipinski definition) is 0. The summed E-state index contributed by atoms with van der Waals surface area (Å²) >= 11 is 0. The fourth-order valence-electron chi connectivity index (χ4n) is 9.10. The van der Waals surface area contributed by atoms with Gasteiger partial charge in [-0.3, -0.25) is 9.59 Å². The Morgan fingerprint density at radius 1 is 1.00 bits per heavy atom. The largest absolute Gasteiger partial charge is 0.465 e. The van der Waals surface area contributed by atoms with Gasteiger partial charge in [0.15, 0.2) is 0 Å². The first-order valence-electron chi connectivity index (χ1n) is 11.9. The molecule has 0 spiro atoms. The minimum absolute atomic E-state index is 0.00206. The highest BCUT2D eigenvalue weighted by Crippen LogP contribution is 2.73. The first kappa shape index (κ1) is 19.8. The van der Waals surface area contributed by atoms with E-state index in [2.05, 4.69) is 40.7 Å². The maximum Gasteiger partial charge on any atom is 0.306 e. The number of esters is 1. The summed E-state index contributed by atoms with van der Waals surface area (Å²) in [5, 5.41) is 0. The van der Waals surface area contributed by atoms with Crippen LogP contribution in [0.1, 0.15) is 86.0 Å². The number of ketones is 1. The van der Waals surface area contributed by atoms with Gasteiger partial charge in [-0.2, -0.15) is 0 Å². The summed E-state index contributed by atoms with van der Waals surface area (Å²) in [6, 6.07) is 0. The van der Waals surface area contributed by atoms with Gasteiger partial charge in [0.05, 0.1) is 13.0 Å². The average molecular weight is 399 g/mol. The fraction of sp³-hybridized carbons (Fsp3) is 0.846. The van der Waals surface area contributed by atoms with Crippen LogP contribution in [0.15, 0.2) is 11.6 Å². The zero-order valence-electron chi connectivity index (χ0n) is 19.0. The van der Waals surface area contributed by atoms with Crippen LogP contribution in [0.4, 0.5) is 0 Å². The normalized spacial score (nSPS) is 51.0. The Morgan fingerprint density at radius 2 is 1.76 bits per heavy atom. The lowest BCUT2D eigenvalue weighted by atomic mass is 9.41. The molecule has 4 fully saturated rings. The minimum atomic E-state index is -0.198. The van der Waals surface area contributed by atoms with Gasteiger partial charge >= 0.3 is 5.97 Å². The van der Waals surface area contributed by atoms with E-state index in [1.807, 2.05) is 0 Å². The van der Waals surface area contributed by atoms with Crippen molar-refractivity contribution in [3.63, 3.8) is 0 Å². The number of carbonyl (C=O) groups excluding carboxylic acids is 2. The molecule has 1 heterocycles.